The van der Waals surface area contributed by atoms with Crippen LogP contribution in [0, 0.1) is 18.7 Å². The number of aryl methyl sites for hydroxylation is 1. The lowest BCUT2D eigenvalue weighted by Crippen LogP contribution is -2.40. The predicted octanol–water partition coefficient (Wildman–Crippen LogP) is 3.59. The average Bonchev–Trinajstić information content (AvgIpc) is 2.86. The maximum atomic E-state index is 13.1. The lowest BCUT2D eigenvalue weighted by molar-refractivity contribution is -0.140. The van der Waals surface area contributed by atoms with Gasteiger partial charge in [-0.3, -0.25) is 10.1 Å². The highest BCUT2D eigenvalue weighted by molar-refractivity contribution is 5.73. The van der Waals surface area contributed by atoms with Crippen LogP contribution in [0.1, 0.15) is 25.2 Å². The number of rotatable bonds is 6. The molecule has 0 amide bonds. The van der Waals surface area contributed by atoms with Crippen LogP contribution >= 0.6 is 0 Å². The van der Waals surface area contributed by atoms with Crippen molar-refractivity contribution >= 4 is 5.97 Å². The van der Waals surface area contributed by atoms with Crippen LogP contribution in [0.3, 0.4) is 0 Å². The van der Waals surface area contributed by atoms with E-state index >= 15 is 0 Å². The SMILES string of the molecule is Cc1cc(F)ccc1-c1ccc(CN[C@@H](C(=O)O)C(C)C)o1. The molecule has 2 rings (SSSR count). The number of aliphatic carboxylic acids is 1. The normalized spacial score (nSPS) is 12.6. The molecule has 0 aliphatic rings. The van der Waals surface area contributed by atoms with E-state index in [4.69, 9.17) is 9.52 Å². The quantitative estimate of drug-likeness (QED) is 0.856. The van der Waals surface area contributed by atoms with Gasteiger partial charge in [0.25, 0.3) is 0 Å². The van der Waals surface area contributed by atoms with Crippen molar-refractivity contribution in [3.05, 3.63) is 47.5 Å². The molecule has 22 heavy (non-hydrogen) atoms. The number of carboxylic acids is 1. The Balaban J connectivity index is 2.10. The summed E-state index contributed by atoms with van der Waals surface area (Å²) in [6.07, 6.45) is 0. The molecule has 4 nitrogen and oxygen atoms in total. The van der Waals surface area contributed by atoms with E-state index < -0.39 is 12.0 Å². The van der Waals surface area contributed by atoms with Crippen molar-refractivity contribution in [3.8, 4) is 11.3 Å². The van der Waals surface area contributed by atoms with Gasteiger partial charge in [0, 0.05) is 5.56 Å². The minimum Gasteiger partial charge on any atom is -0.480 e. The maximum absolute atomic E-state index is 13.1. The topological polar surface area (TPSA) is 62.5 Å². The summed E-state index contributed by atoms with van der Waals surface area (Å²) in [5.41, 5.74) is 1.62. The fourth-order valence-corrected chi connectivity index (χ4v) is 2.34. The van der Waals surface area contributed by atoms with Crippen LogP contribution in [0.2, 0.25) is 0 Å². The van der Waals surface area contributed by atoms with Crippen molar-refractivity contribution < 1.29 is 18.7 Å². The Morgan fingerprint density at radius 3 is 2.64 bits per heavy atom. The Morgan fingerprint density at radius 2 is 2.05 bits per heavy atom. The van der Waals surface area contributed by atoms with Crippen LogP contribution in [0.5, 0.6) is 0 Å². The molecule has 1 aromatic carbocycles. The molecular formula is C17H20FNO3. The molecule has 0 radical (unpaired) electrons. The summed E-state index contributed by atoms with van der Waals surface area (Å²) in [4.78, 5) is 11.1. The van der Waals surface area contributed by atoms with E-state index in [1.165, 1.54) is 12.1 Å². The summed E-state index contributed by atoms with van der Waals surface area (Å²) in [6.45, 7) is 5.84. The fraction of sp³-hybridized carbons (Fsp3) is 0.353. The van der Waals surface area contributed by atoms with Gasteiger partial charge in [-0.05, 0) is 48.7 Å². The first-order valence-corrected chi connectivity index (χ1v) is 7.20. The van der Waals surface area contributed by atoms with Crippen molar-refractivity contribution in [2.75, 3.05) is 0 Å². The van der Waals surface area contributed by atoms with Crippen LogP contribution in [-0.4, -0.2) is 17.1 Å². The molecule has 0 spiro atoms. The van der Waals surface area contributed by atoms with Crippen molar-refractivity contribution in [2.45, 2.75) is 33.4 Å². The van der Waals surface area contributed by atoms with Gasteiger partial charge in [0.05, 0.1) is 6.54 Å². The highest BCUT2D eigenvalue weighted by Gasteiger charge is 2.21. The van der Waals surface area contributed by atoms with Crippen molar-refractivity contribution in [1.82, 2.24) is 5.32 Å². The van der Waals surface area contributed by atoms with Crippen LogP contribution in [-0.2, 0) is 11.3 Å². The molecule has 5 heteroatoms. The van der Waals surface area contributed by atoms with E-state index in [0.717, 1.165) is 11.1 Å². The van der Waals surface area contributed by atoms with Crippen LogP contribution in [0.25, 0.3) is 11.3 Å². The van der Waals surface area contributed by atoms with Gasteiger partial charge in [-0.1, -0.05) is 13.8 Å². The van der Waals surface area contributed by atoms with Crippen LogP contribution in [0.15, 0.2) is 34.7 Å². The zero-order chi connectivity index (χ0) is 16.3. The summed E-state index contributed by atoms with van der Waals surface area (Å²) in [5.74, 6) is 0.106. The molecule has 118 valence electrons. The average molecular weight is 305 g/mol. The first-order chi connectivity index (χ1) is 10.4. The van der Waals surface area contributed by atoms with Gasteiger partial charge in [-0.15, -0.1) is 0 Å². The van der Waals surface area contributed by atoms with Gasteiger partial charge in [0.15, 0.2) is 0 Å². The number of furan rings is 1. The zero-order valence-electron chi connectivity index (χ0n) is 12.9. The number of halogens is 1. The zero-order valence-corrected chi connectivity index (χ0v) is 12.9. The first kappa shape index (κ1) is 16.2. The molecule has 2 N–H and O–H groups in total. The third kappa shape index (κ3) is 3.74. The fourth-order valence-electron chi connectivity index (χ4n) is 2.34. The Hall–Kier alpha value is -2.14. The lowest BCUT2D eigenvalue weighted by atomic mass is 10.1. The Kier molecular flexibility index (Phi) is 4.98. The Labute approximate surface area is 129 Å². The number of carbonyl (C=O) groups is 1. The van der Waals surface area contributed by atoms with Crippen molar-refractivity contribution in [1.29, 1.82) is 0 Å². The molecule has 1 heterocycles. The summed E-state index contributed by atoms with van der Waals surface area (Å²) in [7, 11) is 0. The number of hydrogen-bond acceptors (Lipinski definition) is 3. The Bertz CT molecular complexity index is 664. The molecule has 0 fully saturated rings. The molecule has 0 aliphatic carbocycles. The van der Waals surface area contributed by atoms with Gasteiger partial charge in [0.1, 0.15) is 23.4 Å². The van der Waals surface area contributed by atoms with E-state index in [9.17, 15) is 9.18 Å². The van der Waals surface area contributed by atoms with Crippen LogP contribution in [0.4, 0.5) is 4.39 Å². The molecule has 0 unspecified atom stereocenters. The molecule has 0 bridgehead atoms. The number of benzene rings is 1. The summed E-state index contributed by atoms with van der Waals surface area (Å²) in [6, 6.07) is 7.50. The molecule has 1 atom stereocenters. The van der Waals surface area contributed by atoms with Gasteiger partial charge in [-0.25, -0.2) is 4.39 Å². The Morgan fingerprint density at radius 1 is 1.32 bits per heavy atom. The van der Waals surface area contributed by atoms with E-state index in [1.807, 2.05) is 26.8 Å². The minimum absolute atomic E-state index is 0.0220. The molecular weight excluding hydrogens is 285 g/mol. The predicted molar refractivity (Wildman–Crippen MR) is 81.9 cm³/mol. The standard InChI is InChI=1S/C17H20FNO3/c1-10(2)16(17(20)21)19-9-13-5-7-15(22-13)14-6-4-12(18)8-11(14)3/h4-8,10,16,19H,9H2,1-3H3,(H,20,21)/t16-/m1/s1. The second kappa shape index (κ2) is 6.75. The monoisotopic (exact) mass is 305 g/mol. The highest BCUT2D eigenvalue weighted by Crippen LogP contribution is 2.26. The molecule has 0 saturated heterocycles. The summed E-state index contributed by atoms with van der Waals surface area (Å²) < 4.78 is 18.9. The molecule has 1 aromatic heterocycles. The van der Waals surface area contributed by atoms with Gasteiger partial charge < -0.3 is 9.52 Å². The van der Waals surface area contributed by atoms with E-state index in [-0.39, 0.29) is 11.7 Å². The largest absolute Gasteiger partial charge is 0.480 e. The third-order valence-corrected chi connectivity index (χ3v) is 3.54. The van der Waals surface area contributed by atoms with Gasteiger partial charge in [-0.2, -0.15) is 0 Å². The highest BCUT2D eigenvalue weighted by atomic mass is 19.1. The van der Waals surface area contributed by atoms with Gasteiger partial charge >= 0.3 is 5.97 Å². The first-order valence-electron chi connectivity index (χ1n) is 7.20. The smallest absolute Gasteiger partial charge is 0.320 e. The number of carboxylic acid groups (broad SMARTS) is 1. The van der Waals surface area contributed by atoms with Crippen LogP contribution < -0.4 is 5.32 Å². The molecule has 0 aliphatic heterocycles. The summed E-state index contributed by atoms with van der Waals surface area (Å²) in [5, 5.41) is 12.1. The third-order valence-electron chi connectivity index (χ3n) is 3.54. The second-order valence-electron chi connectivity index (χ2n) is 5.67. The minimum atomic E-state index is -0.879. The van der Waals surface area contributed by atoms with E-state index in [0.29, 0.717) is 18.1 Å². The molecule has 2 aromatic rings. The van der Waals surface area contributed by atoms with Gasteiger partial charge in [0.2, 0.25) is 0 Å². The van der Waals surface area contributed by atoms with Crippen molar-refractivity contribution in [2.24, 2.45) is 5.92 Å². The number of hydrogen-bond donors (Lipinski definition) is 2. The maximum Gasteiger partial charge on any atom is 0.320 e. The van der Waals surface area contributed by atoms with E-state index in [2.05, 4.69) is 5.32 Å². The summed E-state index contributed by atoms with van der Waals surface area (Å²) >= 11 is 0. The molecule has 0 saturated carbocycles. The van der Waals surface area contributed by atoms with Crippen molar-refractivity contribution in [3.63, 3.8) is 0 Å². The van der Waals surface area contributed by atoms with E-state index in [1.54, 1.807) is 12.1 Å². The second-order valence-corrected chi connectivity index (χ2v) is 5.67. The number of nitrogens with one attached hydrogen (secondary N) is 1. The lowest BCUT2D eigenvalue weighted by Gasteiger charge is -2.16.